The summed E-state index contributed by atoms with van der Waals surface area (Å²) < 4.78 is 40.4. The Bertz CT molecular complexity index is 1030. The summed E-state index contributed by atoms with van der Waals surface area (Å²) in [6, 6.07) is 10.1. The van der Waals surface area contributed by atoms with E-state index in [9.17, 15) is 22.8 Å². The number of nitrogens with zero attached hydrogens (tertiary/aromatic N) is 1. The summed E-state index contributed by atoms with van der Waals surface area (Å²) in [6.45, 7) is 1.41. The minimum Gasteiger partial charge on any atom is -0.326 e. The maximum atomic E-state index is 13.0. The minimum atomic E-state index is -4.55. The second kappa shape index (κ2) is 8.19. The molecule has 2 N–H and O–H groups in total. The normalized spacial score (nSPS) is 11.4. The first-order valence-corrected chi connectivity index (χ1v) is 9.79. The molecule has 0 aliphatic heterocycles. The van der Waals surface area contributed by atoms with Gasteiger partial charge in [-0.3, -0.25) is 9.59 Å². The lowest BCUT2D eigenvalue weighted by Gasteiger charge is -2.13. The standard InChI is InChI=1S/C18H14F3N3O2S2/c1-10(25)22-11-6-7-14-15(8-11)28-17(24-14)27-9-16(26)23-13-5-3-2-4-12(13)18(19,20)21/h2-8H,9H2,1H3,(H,22,25)(H,23,26). The molecule has 0 saturated carbocycles. The van der Waals surface area contributed by atoms with E-state index in [0.29, 0.717) is 15.5 Å². The zero-order valence-corrected chi connectivity index (χ0v) is 16.1. The molecular formula is C18H14F3N3O2S2. The molecule has 0 unspecified atom stereocenters. The summed E-state index contributed by atoms with van der Waals surface area (Å²) in [6.07, 6.45) is -4.55. The van der Waals surface area contributed by atoms with E-state index in [1.54, 1.807) is 18.2 Å². The molecule has 3 rings (SSSR count). The number of nitrogens with one attached hydrogen (secondary N) is 2. The number of thiazole rings is 1. The van der Waals surface area contributed by atoms with Crippen LogP contribution in [0.15, 0.2) is 46.8 Å². The Morgan fingerprint density at radius 2 is 1.89 bits per heavy atom. The van der Waals surface area contributed by atoms with Crippen LogP contribution in [0.25, 0.3) is 10.2 Å². The number of benzene rings is 2. The molecule has 0 spiro atoms. The molecule has 0 bridgehead atoms. The number of para-hydroxylation sites is 1. The van der Waals surface area contributed by atoms with E-state index in [-0.39, 0.29) is 17.3 Å². The smallest absolute Gasteiger partial charge is 0.326 e. The van der Waals surface area contributed by atoms with Crippen LogP contribution in [0.5, 0.6) is 0 Å². The number of carbonyl (C=O) groups excluding carboxylic acids is 2. The fourth-order valence-electron chi connectivity index (χ4n) is 2.40. The number of thioether (sulfide) groups is 1. The first-order valence-electron chi connectivity index (χ1n) is 7.99. The summed E-state index contributed by atoms with van der Waals surface area (Å²) in [7, 11) is 0. The predicted molar refractivity (Wildman–Crippen MR) is 105 cm³/mol. The molecule has 0 saturated heterocycles. The number of rotatable bonds is 5. The van der Waals surface area contributed by atoms with Gasteiger partial charge in [0.25, 0.3) is 0 Å². The first-order chi connectivity index (χ1) is 13.2. The van der Waals surface area contributed by atoms with Crippen LogP contribution in [0.2, 0.25) is 0 Å². The van der Waals surface area contributed by atoms with Crippen LogP contribution in [0, 0.1) is 0 Å². The molecule has 0 fully saturated rings. The van der Waals surface area contributed by atoms with Gasteiger partial charge in [-0.15, -0.1) is 11.3 Å². The van der Waals surface area contributed by atoms with Crippen molar-refractivity contribution in [3.05, 3.63) is 48.0 Å². The van der Waals surface area contributed by atoms with Gasteiger partial charge in [0.2, 0.25) is 11.8 Å². The van der Waals surface area contributed by atoms with Gasteiger partial charge < -0.3 is 10.6 Å². The van der Waals surface area contributed by atoms with Gasteiger partial charge >= 0.3 is 6.18 Å². The van der Waals surface area contributed by atoms with Gasteiger partial charge in [0.05, 0.1) is 27.2 Å². The summed E-state index contributed by atoms with van der Waals surface area (Å²) in [5.41, 5.74) is 0.190. The molecule has 28 heavy (non-hydrogen) atoms. The molecule has 0 atom stereocenters. The Kier molecular flexibility index (Phi) is 5.90. The number of anilines is 2. The van der Waals surface area contributed by atoms with Crippen molar-refractivity contribution in [1.82, 2.24) is 4.98 Å². The maximum absolute atomic E-state index is 13.0. The second-order valence-electron chi connectivity index (χ2n) is 5.72. The third-order valence-corrected chi connectivity index (χ3v) is 5.68. The average Bonchev–Trinajstić information content (AvgIpc) is 3.01. The van der Waals surface area contributed by atoms with E-state index in [2.05, 4.69) is 15.6 Å². The summed E-state index contributed by atoms with van der Waals surface area (Å²) in [4.78, 5) is 27.6. The summed E-state index contributed by atoms with van der Waals surface area (Å²) in [5, 5.41) is 4.98. The Morgan fingerprint density at radius 3 is 2.61 bits per heavy atom. The Morgan fingerprint density at radius 1 is 1.14 bits per heavy atom. The van der Waals surface area contributed by atoms with E-state index in [4.69, 9.17) is 0 Å². The van der Waals surface area contributed by atoms with Crippen molar-refractivity contribution in [3.8, 4) is 0 Å². The monoisotopic (exact) mass is 425 g/mol. The van der Waals surface area contributed by atoms with Gasteiger partial charge in [0.1, 0.15) is 0 Å². The Balaban J connectivity index is 1.66. The topological polar surface area (TPSA) is 71.1 Å². The number of alkyl halides is 3. The van der Waals surface area contributed by atoms with Gasteiger partial charge in [-0.25, -0.2) is 4.98 Å². The SMILES string of the molecule is CC(=O)Nc1ccc2nc(SCC(=O)Nc3ccccc3C(F)(F)F)sc2c1. The minimum absolute atomic E-state index is 0.0788. The molecule has 1 heterocycles. The lowest BCUT2D eigenvalue weighted by atomic mass is 10.1. The lowest BCUT2D eigenvalue weighted by molar-refractivity contribution is -0.137. The fraction of sp³-hybridized carbons (Fsp3) is 0.167. The Hall–Kier alpha value is -2.59. The first kappa shape index (κ1) is 20.2. The van der Waals surface area contributed by atoms with Crippen molar-refractivity contribution in [2.75, 3.05) is 16.4 Å². The number of aromatic nitrogens is 1. The molecule has 0 radical (unpaired) electrons. The van der Waals surface area contributed by atoms with Crippen molar-refractivity contribution >= 4 is 56.5 Å². The van der Waals surface area contributed by atoms with Crippen LogP contribution >= 0.6 is 23.1 Å². The predicted octanol–water partition coefficient (Wildman–Crippen LogP) is 5.00. The molecule has 3 aromatic rings. The molecule has 5 nitrogen and oxygen atoms in total. The molecule has 0 aliphatic rings. The van der Waals surface area contributed by atoms with Gasteiger partial charge in [0.15, 0.2) is 4.34 Å². The van der Waals surface area contributed by atoms with Crippen LogP contribution in [-0.4, -0.2) is 22.6 Å². The zero-order valence-electron chi connectivity index (χ0n) is 14.5. The van der Waals surface area contributed by atoms with Gasteiger partial charge in [0, 0.05) is 12.6 Å². The molecule has 2 amide bonds. The van der Waals surface area contributed by atoms with E-state index >= 15 is 0 Å². The number of halogens is 3. The largest absolute Gasteiger partial charge is 0.418 e. The molecule has 146 valence electrons. The van der Waals surface area contributed by atoms with E-state index in [1.165, 1.54) is 36.5 Å². The van der Waals surface area contributed by atoms with Crippen molar-refractivity contribution in [3.63, 3.8) is 0 Å². The van der Waals surface area contributed by atoms with Crippen LogP contribution < -0.4 is 10.6 Å². The van der Waals surface area contributed by atoms with Gasteiger partial charge in [-0.05, 0) is 30.3 Å². The maximum Gasteiger partial charge on any atom is 0.418 e. The highest BCUT2D eigenvalue weighted by molar-refractivity contribution is 8.01. The molecule has 10 heteroatoms. The van der Waals surface area contributed by atoms with Crippen LogP contribution in [0.1, 0.15) is 12.5 Å². The second-order valence-corrected chi connectivity index (χ2v) is 7.98. The molecule has 2 aromatic carbocycles. The number of carbonyl (C=O) groups is 2. The molecule has 1 aromatic heterocycles. The molecule has 0 aliphatic carbocycles. The number of amides is 2. The van der Waals surface area contributed by atoms with E-state index in [0.717, 1.165) is 22.5 Å². The number of hydrogen-bond acceptors (Lipinski definition) is 5. The van der Waals surface area contributed by atoms with Crippen molar-refractivity contribution in [2.45, 2.75) is 17.4 Å². The quantitative estimate of drug-likeness (QED) is 0.564. The van der Waals surface area contributed by atoms with Crippen LogP contribution in [0.3, 0.4) is 0 Å². The van der Waals surface area contributed by atoms with E-state index in [1.807, 2.05) is 0 Å². The van der Waals surface area contributed by atoms with Gasteiger partial charge in [-0.1, -0.05) is 23.9 Å². The van der Waals surface area contributed by atoms with Crippen LogP contribution in [0.4, 0.5) is 24.5 Å². The zero-order chi connectivity index (χ0) is 20.3. The number of hydrogen-bond donors (Lipinski definition) is 2. The van der Waals surface area contributed by atoms with Crippen molar-refractivity contribution in [1.29, 1.82) is 0 Å². The third-order valence-electron chi connectivity index (χ3n) is 3.52. The summed E-state index contributed by atoms with van der Waals surface area (Å²) >= 11 is 2.47. The van der Waals surface area contributed by atoms with Crippen molar-refractivity contribution in [2.24, 2.45) is 0 Å². The third kappa shape index (κ3) is 5.02. The highest BCUT2D eigenvalue weighted by atomic mass is 32.2. The van der Waals surface area contributed by atoms with E-state index < -0.39 is 17.6 Å². The highest BCUT2D eigenvalue weighted by Crippen LogP contribution is 2.35. The highest BCUT2D eigenvalue weighted by Gasteiger charge is 2.33. The average molecular weight is 425 g/mol. The summed E-state index contributed by atoms with van der Waals surface area (Å²) in [5.74, 6) is -0.820. The fourth-order valence-corrected chi connectivity index (χ4v) is 4.31. The molecular weight excluding hydrogens is 411 g/mol. The Labute approximate surface area is 166 Å². The lowest BCUT2D eigenvalue weighted by Crippen LogP contribution is -2.18. The number of fused-ring (bicyclic) bond motifs is 1. The van der Waals surface area contributed by atoms with Gasteiger partial charge in [-0.2, -0.15) is 13.2 Å². The van der Waals surface area contributed by atoms with Crippen molar-refractivity contribution < 1.29 is 22.8 Å². The van der Waals surface area contributed by atoms with Crippen LogP contribution in [-0.2, 0) is 15.8 Å².